The topological polar surface area (TPSA) is 68.1 Å². The van der Waals surface area contributed by atoms with Crippen molar-refractivity contribution < 1.29 is 4.74 Å². The molecule has 0 bridgehead atoms. The third-order valence-electron chi connectivity index (χ3n) is 6.23. The van der Waals surface area contributed by atoms with Crippen LogP contribution in [0.2, 0.25) is 0 Å². The lowest BCUT2D eigenvalue weighted by atomic mass is 9.97. The summed E-state index contributed by atoms with van der Waals surface area (Å²) in [7, 11) is 0. The molecule has 2 rings (SSSR count). The van der Waals surface area contributed by atoms with Crippen molar-refractivity contribution >= 4 is 11.4 Å². The standard InChI is InChI=1S/C28H40N2O3/c1-3-5-7-9-11-21-27(23-17-13-15-19-25(23)29-31)33-28(22-12-10-8-6-4-2)24-18-14-16-20-26(24)30-32/h13-20,27-28H,3-12,21-22H2,1-2H3. The lowest BCUT2D eigenvalue weighted by molar-refractivity contribution is -0.0258. The number of ether oxygens (including phenoxy) is 1. The monoisotopic (exact) mass is 452 g/mol. The summed E-state index contributed by atoms with van der Waals surface area (Å²) in [6, 6.07) is 14.9. The fraction of sp³-hybridized carbons (Fsp3) is 0.571. The molecule has 0 aliphatic rings. The Bertz CT molecular complexity index is 757. The number of nitroso groups, excluding NO2 is 2. The zero-order valence-electron chi connectivity index (χ0n) is 20.4. The summed E-state index contributed by atoms with van der Waals surface area (Å²) in [6.07, 6.45) is 12.7. The molecule has 0 saturated carbocycles. The van der Waals surface area contributed by atoms with Crippen LogP contribution in [0.5, 0.6) is 0 Å². The second-order valence-electron chi connectivity index (χ2n) is 8.82. The maximum atomic E-state index is 11.5. The Kier molecular flexibility index (Phi) is 13.2. The molecule has 0 spiro atoms. The average molecular weight is 453 g/mol. The van der Waals surface area contributed by atoms with E-state index in [1.165, 1.54) is 38.5 Å². The van der Waals surface area contributed by atoms with Gasteiger partial charge in [0.2, 0.25) is 0 Å². The average Bonchev–Trinajstić information content (AvgIpc) is 2.86. The molecule has 0 N–H and O–H groups in total. The van der Waals surface area contributed by atoms with Gasteiger partial charge in [0, 0.05) is 11.1 Å². The minimum atomic E-state index is -0.249. The summed E-state index contributed by atoms with van der Waals surface area (Å²) in [5, 5.41) is 6.52. The maximum Gasteiger partial charge on any atom is 0.113 e. The van der Waals surface area contributed by atoms with E-state index >= 15 is 0 Å². The molecule has 0 aliphatic carbocycles. The maximum absolute atomic E-state index is 11.5. The molecule has 33 heavy (non-hydrogen) atoms. The van der Waals surface area contributed by atoms with E-state index in [1.54, 1.807) is 12.1 Å². The van der Waals surface area contributed by atoms with Gasteiger partial charge in [-0.3, -0.25) is 0 Å². The summed E-state index contributed by atoms with van der Waals surface area (Å²) in [4.78, 5) is 23.0. The fourth-order valence-electron chi connectivity index (χ4n) is 4.34. The van der Waals surface area contributed by atoms with Crippen molar-refractivity contribution in [3.05, 3.63) is 69.5 Å². The quantitative estimate of drug-likeness (QED) is 0.167. The number of nitrogens with zero attached hydrogens (tertiary/aromatic N) is 2. The van der Waals surface area contributed by atoms with Crippen LogP contribution in [0.25, 0.3) is 0 Å². The smallest absolute Gasteiger partial charge is 0.113 e. The Morgan fingerprint density at radius 3 is 1.39 bits per heavy atom. The van der Waals surface area contributed by atoms with Crippen molar-refractivity contribution in [3.8, 4) is 0 Å². The molecule has 2 aromatic rings. The van der Waals surface area contributed by atoms with Gasteiger partial charge in [-0.15, -0.1) is 9.81 Å². The third-order valence-corrected chi connectivity index (χ3v) is 6.23. The predicted molar refractivity (Wildman–Crippen MR) is 137 cm³/mol. The Morgan fingerprint density at radius 2 is 1.00 bits per heavy atom. The van der Waals surface area contributed by atoms with Crippen LogP contribution < -0.4 is 0 Å². The number of hydrogen-bond acceptors (Lipinski definition) is 5. The van der Waals surface area contributed by atoms with Crippen LogP contribution in [0.1, 0.15) is 114 Å². The van der Waals surface area contributed by atoms with Gasteiger partial charge < -0.3 is 4.74 Å². The normalized spacial score (nSPS) is 12.9. The van der Waals surface area contributed by atoms with E-state index in [-0.39, 0.29) is 12.2 Å². The Labute approximate surface area is 199 Å². The predicted octanol–water partition coefficient (Wildman–Crippen LogP) is 10.0. The van der Waals surface area contributed by atoms with Gasteiger partial charge in [0.1, 0.15) is 11.4 Å². The summed E-state index contributed by atoms with van der Waals surface area (Å²) >= 11 is 0. The molecule has 180 valence electrons. The molecule has 0 radical (unpaired) electrons. The highest BCUT2D eigenvalue weighted by atomic mass is 16.5. The lowest BCUT2D eigenvalue weighted by Crippen LogP contribution is -2.12. The van der Waals surface area contributed by atoms with Gasteiger partial charge in [0.15, 0.2) is 0 Å². The Balaban J connectivity index is 2.25. The highest BCUT2D eigenvalue weighted by molar-refractivity contribution is 5.48. The molecular weight excluding hydrogens is 412 g/mol. The first-order chi connectivity index (χ1) is 16.2. The largest absolute Gasteiger partial charge is 0.365 e. The molecule has 0 heterocycles. The van der Waals surface area contributed by atoms with Crippen LogP contribution in [-0.4, -0.2) is 0 Å². The number of benzene rings is 2. The van der Waals surface area contributed by atoms with Crippen LogP contribution in [-0.2, 0) is 4.74 Å². The summed E-state index contributed by atoms with van der Waals surface area (Å²) < 4.78 is 6.72. The minimum Gasteiger partial charge on any atom is -0.365 e. The van der Waals surface area contributed by atoms with Crippen molar-refractivity contribution in [1.82, 2.24) is 0 Å². The van der Waals surface area contributed by atoms with E-state index in [2.05, 4.69) is 24.2 Å². The van der Waals surface area contributed by atoms with Gasteiger partial charge in [-0.25, -0.2) is 0 Å². The molecule has 2 unspecified atom stereocenters. The van der Waals surface area contributed by atoms with E-state index in [1.807, 2.05) is 36.4 Å². The zero-order valence-corrected chi connectivity index (χ0v) is 20.4. The first kappa shape index (κ1) is 26.8. The van der Waals surface area contributed by atoms with E-state index in [0.717, 1.165) is 49.7 Å². The van der Waals surface area contributed by atoms with E-state index in [0.29, 0.717) is 11.4 Å². The number of hydrogen-bond donors (Lipinski definition) is 0. The molecule has 5 heteroatoms. The van der Waals surface area contributed by atoms with Gasteiger partial charge in [0.05, 0.1) is 12.2 Å². The molecule has 0 aromatic heterocycles. The second-order valence-corrected chi connectivity index (χ2v) is 8.82. The van der Waals surface area contributed by atoms with Crippen LogP contribution >= 0.6 is 0 Å². The van der Waals surface area contributed by atoms with Crippen LogP contribution in [0.3, 0.4) is 0 Å². The highest BCUT2D eigenvalue weighted by Crippen LogP contribution is 2.40. The van der Waals surface area contributed by atoms with Gasteiger partial charge in [-0.2, -0.15) is 0 Å². The van der Waals surface area contributed by atoms with E-state index < -0.39 is 0 Å². The second kappa shape index (κ2) is 16.2. The molecule has 0 fully saturated rings. The van der Waals surface area contributed by atoms with Gasteiger partial charge in [0.25, 0.3) is 0 Å². The first-order valence-corrected chi connectivity index (χ1v) is 12.7. The van der Waals surface area contributed by atoms with Crippen molar-refractivity contribution in [2.45, 2.75) is 103 Å². The first-order valence-electron chi connectivity index (χ1n) is 12.7. The summed E-state index contributed by atoms with van der Waals surface area (Å²) in [5.74, 6) is 0. The van der Waals surface area contributed by atoms with Crippen LogP contribution in [0, 0.1) is 9.81 Å². The fourth-order valence-corrected chi connectivity index (χ4v) is 4.34. The van der Waals surface area contributed by atoms with Gasteiger partial charge >= 0.3 is 0 Å². The molecule has 0 saturated heterocycles. The van der Waals surface area contributed by atoms with Crippen molar-refractivity contribution in [2.24, 2.45) is 10.4 Å². The van der Waals surface area contributed by atoms with Crippen molar-refractivity contribution in [3.63, 3.8) is 0 Å². The molecule has 0 aliphatic heterocycles. The SMILES string of the molecule is CCCCCCCC(OC(CCCCCCC)c1ccccc1N=O)c1ccccc1N=O. The molecule has 5 nitrogen and oxygen atoms in total. The lowest BCUT2D eigenvalue weighted by Gasteiger charge is -2.27. The van der Waals surface area contributed by atoms with Crippen molar-refractivity contribution in [2.75, 3.05) is 0 Å². The summed E-state index contributed by atoms with van der Waals surface area (Å²) in [5.41, 5.74) is 2.52. The van der Waals surface area contributed by atoms with Gasteiger partial charge in [-0.1, -0.05) is 114 Å². The van der Waals surface area contributed by atoms with E-state index in [4.69, 9.17) is 4.74 Å². The number of rotatable bonds is 18. The Morgan fingerprint density at radius 1 is 0.606 bits per heavy atom. The molecule has 0 amide bonds. The molecule has 2 atom stereocenters. The molecular formula is C28H40N2O3. The minimum absolute atomic E-state index is 0.249. The zero-order chi connectivity index (χ0) is 23.7. The van der Waals surface area contributed by atoms with Crippen molar-refractivity contribution in [1.29, 1.82) is 0 Å². The number of unbranched alkanes of at least 4 members (excludes halogenated alkanes) is 8. The Hall–Kier alpha value is -2.40. The van der Waals surface area contributed by atoms with Gasteiger partial charge in [-0.05, 0) is 35.3 Å². The molecule has 2 aromatic carbocycles. The van der Waals surface area contributed by atoms with E-state index in [9.17, 15) is 9.81 Å². The third kappa shape index (κ3) is 9.17. The summed E-state index contributed by atoms with van der Waals surface area (Å²) in [6.45, 7) is 4.42. The van der Waals surface area contributed by atoms with Crippen LogP contribution in [0.4, 0.5) is 11.4 Å². The highest BCUT2D eigenvalue weighted by Gasteiger charge is 2.24. The van der Waals surface area contributed by atoms with Crippen LogP contribution in [0.15, 0.2) is 58.9 Å².